The molecule has 0 aromatic heterocycles. The predicted molar refractivity (Wildman–Crippen MR) is 41.7 cm³/mol. The molecular weight excluding hydrogens is 366 g/mol. The molecule has 0 radical (unpaired) electrons. The Morgan fingerprint density at radius 1 is 0.818 bits per heavy atom. The molecule has 0 atom stereocenters. The highest BCUT2D eigenvalue weighted by atomic mass is 127. The number of quaternary nitrogens is 2. The summed E-state index contributed by atoms with van der Waals surface area (Å²) in [5.74, 6) is 0. The fourth-order valence-electron chi connectivity index (χ4n) is 1.37. The van der Waals surface area contributed by atoms with Crippen molar-refractivity contribution in [1.82, 2.24) is 6.15 Å². The van der Waals surface area contributed by atoms with Crippen LogP contribution in [0.4, 0.5) is 0 Å². The molecule has 0 saturated carbocycles. The van der Waals surface area contributed by atoms with Gasteiger partial charge < -0.3 is 58.6 Å². The van der Waals surface area contributed by atoms with Gasteiger partial charge in [0.1, 0.15) is 0 Å². The van der Waals surface area contributed by atoms with Crippen molar-refractivity contribution in [3.8, 4) is 0 Å². The summed E-state index contributed by atoms with van der Waals surface area (Å²) in [7, 11) is 4.64. The molecule has 2 nitrogen and oxygen atoms in total. The molecule has 0 aromatic rings. The van der Waals surface area contributed by atoms with Crippen molar-refractivity contribution < 1.29 is 52.4 Å². The highest BCUT2D eigenvalue weighted by Gasteiger charge is 2.17. The Morgan fingerprint density at radius 2 is 1.18 bits per heavy atom. The molecule has 1 heterocycles. The molecular formula is C7H20I2N2. The first kappa shape index (κ1) is 18.2. The average molecular weight is 386 g/mol. The molecule has 0 aromatic carbocycles. The fraction of sp³-hybridized carbons (Fsp3) is 1.00. The van der Waals surface area contributed by atoms with E-state index in [1.807, 2.05) is 0 Å². The van der Waals surface area contributed by atoms with E-state index in [0.29, 0.717) is 0 Å². The van der Waals surface area contributed by atoms with Crippen molar-refractivity contribution in [1.29, 1.82) is 0 Å². The second-order valence-corrected chi connectivity index (χ2v) is 3.44. The largest absolute Gasteiger partial charge is 1.00 e. The van der Waals surface area contributed by atoms with Gasteiger partial charge in [-0.05, 0) is 19.3 Å². The van der Waals surface area contributed by atoms with E-state index in [-0.39, 0.29) is 54.1 Å². The van der Waals surface area contributed by atoms with E-state index in [1.165, 1.54) is 36.8 Å². The van der Waals surface area contributed by atoms with Crippen molar-refractivity contribution >= 4 is 0 Å². The van der Waals surface area contributed by atoms with Crippen LogP contribution in [-0.2, 0) is 0 Å². The zero-order valence-corrected chi connectivity index (χ0v) is 12.1. The lowest BCUT2D eigenvalue weighted by atomic mass is 10.1. The van der Waals surface area contributed by atoms with E-state index in [2.05, 4.69) is 14.1 Å². The molecule has 1 aliphatic heterocycles. The first-order chi connectivity index (χ1) is 3.71. The van der Waals surface area contributed by atoms with Gasteiger partial charge in [-0.15, -0.1) is 0 Å². The summed E-state index contributed by atoms with van der Waals surface area (Å²) in [4.78, 5) is 0. The highest BCUT2D eigenvalue weighted by molar-refractivity contribution is 4.47. The normalized spacial score (nSPS) is 20.2. The molecule has 1 aliphatic rings. The van der Waals surface area contributed by atoms with Crippen molar-refractivity contribution in [3.05, 3.63) is 0 Å². The minimum absolute atomic E-state index is 0. The lowest BCUT2D eigenvalue weighted by Gasteiger charge is -2.33. The van der Waals surface area contributed by atoms with Crippen LogP contribution < -0.4 is 54.1 Å². The third-order valence-electron chi connectivity index (χ3n) is 2.03. The number of rotatable bonds is 0. The summed E-state index contributed by atoms with van der Waals surface area (Å²) in [6, 6.07) is 0. The summed E-state index contributed by atoms with van der Waals surface area (Å²) < 4.78 is 1.25. The summed E-state index contributed by atoms with van der Waals surface area (Å²) in [5, 5.41) is 0. The standard InChI is InChI=1S/C7H16N.2HI.H3N/c1-8(2)6-4-3-5-7-8;;;/h3-7H2,1-2H3;2*1H;1H3/q+1;;;/p-1. The molecule has 1 saturated heterocycles. The highest BCUT2D eigenvalue weighted by Crippen LogP contribution is 2.11. The van der Waals surface area contributed by atoms with Crippen molar-refractivity contribution in [2.24, 2.45) is 0 Å². The van der Waals surface area contributed by atoms with Crippen LogP contribution in [0.25, 0.3) is 0 Å². The quantitative estimate of drug-likeness (QED) is 0.323. The maximum atomic E-state index is 2.32. The predicted octanol–water partition coefficient (Wildman–Crippen LogP) is -4.37. The van der Waals surface area contributed by atoms with Crippen LogP contribution >= 0.6 is 0 Å². The van der Waals surface area contributed by atoms with Crippen LogP contribution in [0.2, 0.25) is 0 Å². The van der Waals surface area contributed by atoms with E-state index < -0.39 is 0 Å². The first-order valence-corrected chi connectivity index (χ1v) is 3.53. The molecule has 0 bridgehead atoms. The van der Waals surface area contributed by atoms with Gasteiger partial charge in [0.15, 0.2) is 0 Å². The number of nitrogens with zero attached hydrogens (tertiary/aromatic N) is 1. The Bertz CT molecular complexity index is 78.5. The van der Waals surface area contributed by atoms with E-state index in [1.54, 1.807) is 0 Å². The van der Waals surface area contributed by atoms with Crippen LogP contribution in [0.1, 0.15) is 19.3 Å². The summed E-state index contributed by atoms with van der Waals surface area (Å²) in [6.07, 6.45) is 4.34. The summed E-state index contributed by atoms with van der Waals surface area (Å²) >= 11 is 0. The van der Waals surface area contributed by atoms with Gasteiger partial charge in [-0.3, -0.25) is 0 Å². The number of piperidine rings is 1. The first-order valence-electron chi connectivity index (χ1n) is 3.53. The van der Waals surface area contributed by atoms with Crippen LogP contribution in [-0.4, -0.2) is 31.7 Å². The summed E-state index contributed by atoms with van der Waals surface area (Å²) in [5.41, 5.74) is 0. The topological polar surface area (TPSA) is 36.5 Å². The Balaban J connectivity index is -0.000000213. The van der Waals surface area contributed by atoms with Crippen LogP contribution in [0, 0.1) is 0 Å². The van der Waals surface area contributed by atoms with Crippen molar-refractivity contribution in [2.45, 2.75) is 19.3 Å². The van der Waals surface area contributed by atoms with Gasteiger partial charge in [-0.1, -0.05) is 0 Å². The number of likely N-dealkylation sites (tertiary alicyclic amines) is 1. The van der Waals surface area contributed by atoms with Gasteiger partial charge in [0.2, 0.25) is 0 Å². The van der Waals surface area contributed by atoms with Gasteiger partial charge in [0.25, 0.3) is 0 Å². The molecule has 1 rings (SSSR count). The van der Waals surface area contributed by atoms with Gasteiger partial charge in [0.05, 0.1) is 27.2 Å². The molecule has 4 N–H and O–H groups in total. The third-order valence-corrected chi connectivity index (χ3v) is 2.03. The Morgan fingerprint density at radius 3 is 1.36 bits per heavy atom. The van der Waals surface area contributed by atoms with Gasteiger partial charge >= 0.3 is 0 Å². The molecule has 11 heavy (non-hydrogen) atoms. The molecule has 0 spiro atoms. The number of hydrogen-bond donors (Lipinski definition) is 1. The van der Waals surface area contributed by atoms with Crippen molar-refractivity contribution in [3.63, 3.8) is 0 Å². The zero-order chi connectivity index (χ0) is 6.04. The van der Waals surface area contributed by atoms with Crippen molar-refractivity contribution in [2.75, 3.05) is 27.2 Å². The minimum atomic E-state index is 0. The lowest BCUT2D eigenvalue weighted by molar-refractivity contribution is -0.894. The maximum Gasteiger partial charge on any atom is 0.0782 e. The maximum absolute atomic E-state index is 2.32. The van der Waals surface area contributed by atoms with E-state index >= 15 is 0 Å². The second kappa shape index (κ2) is 8.00. The molecule has 4 heteroatoms. The molecule has 0 aliphatic carbocycles. The van der Waals surface area contributed by atoms with Gasteiger partial charge in [-0.2, -0.15) is 0 Å². The summed E-state index contributed by atoms with van der Waals surface area (Å²) in [6.45, 7) is 2.78. The SMILES string of the molecule is C[N+]1(C)CCCCC1.[I-].[I-].[NH4+]. The zero-order valence-electron chi connectivity index (χ0n) is 7.74. The third kappa shape index (κ3) is 7.73. The average Bonchev–Trinajstić information content (AvgIpc) is 1.65. The monoisotopic (exact) mass is 386 g/mol. The van der Waals surface area contributed by atoms with E-state index in [9.17, 15) is 0 Å². The lowest BCUT2D eigenvalue weighted by Crippen LogP contribution is -3.00. The Kier molecular flexibility index (Phi) is 13.3. The van der Waals surface area contributed by atoms with Crippen LogP contribution in [0.5, 0.6) is 0 Å². The molecule has 0 unspecified atom stereocenters. The second-order valence-electron chi connectivity index (χ2n) is 3.44. The van der Waals surface area contributed by atoms with Gasteiger partial charge in [0, 0.05) is 0 Å². The van der Waals surface area contributed by atoms with E-state index in [4.69, 9.17) is 0 Å². The van der Waals surface area contributed by atoms with Crippen LogP contribution in [0.3, 0.4) is 0 Å². The minimum Gasteiger partial charge on any atom is -1.00 e. The molecule has 1 fully saturated rings. The van der Waals surface area contributed by atoms with E-state index in [0.717, 1.165) is 0 Å². The van der Waals surface area contributed by atoms with Gasteiger partial charge in [-0.25, -0.2) is 0 Å². The fourth-order valence-corrected chi connectivity index (χ4v) is 1.37. The molecule has 72 valence electrons. The number of hydrogen-bond acceptors (Lipinski definition) is 0. The Hall–Kier alpha value is 1.38. The Labute approximate surface area is 104 Å². The number of halogens is 2. The van der Waals surface area contributed by atoms with Crippen LogP contribution in [0.15, 0.2) is 0 Å². The molecule has 0 amide bonds. The smallest absolute Gasteiger partial charge is 0.0782 e.